The van der Waals surface area contributed by atoms with Crippen LogP contribution >= 0.6 is 0 Å². The van der Waals surface area contributed by atoms with Crippen molar-refractivity contribution in [3.8, 4) is 0 Å². The average Bonchev–Trinajstić information content (AvgIpc) is 3.19. The van der Waals surface area contributed by atoms with Crippen LogP contribution in [0, 0.1) is 0 Å². The Morgan fingerprint density at radius 2 is 2.17 bits per heavy atom. The van der Waals surface area contributed by atoms with Crippen molar-refractivity contribution in [2.45, 2.75) is 25.8 Å². The molecule has 1 atom stereocenters. The molecule has 0 amide bonds. The van der Waals surface area contributed by atoms with Crippen LogP contribution in [0.2, 0.25) is 0 Å². The predicted octanol–water partition coefficient (Wildman–Crippen LogP) is 3.56. The summed E-state index contributed by atoms with van der Waals surface area (Å²) in [7, 11) is 0. The third kappa shape index (κ3) is 3.02. The van der Waals surface area contributed by atoms with E-state index in [1.54, 1.807) is 10.7 Å². The van der Waals surface area contributed by atoms with Gasteiger partial charge in [0, 0.05) is 12.1 Å². The molecular formula is C17H19F2N5. The number of anilines is 2. The first-order valence-electron chi connectivity index (χ1n) is 7.73. The van der Waals surface area contributed by atoms with Crippen molar-refractivity contribution in [3.05, 3.63) is 54.3 Å². The Bertz CT molecular complexity index is 833. The summed E-state index contributed by atoms with van der Waals surface area (Å²) in [5, 5.41) is 4.48. The number of rotatable bonds is 4. The van der Waals surface area contributed by atoms with Crippen molar-refractivity contribution >= 4 is 17.3 Å². The molecule has 2 N–H and O–H groups in total. The molecule has 0 radical (unpaired) electrons. The molecule has 1 saturated heterocycles. The van der Waals surface area contributed by atoms with Crippen LogP contribution in [-0.4, -0.2) is 27.2 Å². The van der Waals surface area contributed by atoms with E-state index in [1.165, 1.54) is 6.92 Å². The molecule has 3 heterocycles. The fraction of sp³-hybridized carbons (Fsp3) is 0.294. The number of allylic oxidation sites excluding steroid dienone is 3. The van der Waals surface area contributed by atoms with Crippen LogP contribution in [0.4, 0.5) is 20.4 Å². The Kier molecular flexibility index (Phi) is 4.33. The first kappa shape index (κ1) is 16.2. The molecule has 7 heteroatoms. The lowest BCUT2D eigenvalue weighted by Crippen LogP contribution is -2.32. The monoisotopic (exact) mass is 331 g/mol. The van der Waals surface area contributed by atoms with Gasteiger partial charge < -0.3 is 10.6 Å². The van der Waals surface area contributed by atoms with Gasteiger partial charge in [-0.15, -0.1) is 5.10 Å². The van der Waals surface area contributed by atoms with Crippen LogP contribution in [0.5, 0.6) is 0 Å². The summed E-state index contributed by atoms with van der Waals surface area (Å²) >= 11 is 0. The number of hydrogen-bond acceptors (Lipinski definition) is 4. The number of aromatic nitrogens is 3. The van der Waals surface area contributed by atoms with Crippen molar-refractivity contribution in [1.29, 1.82) is 0 Å². The minimum atomic E-state index is -0.521. The van der Waals surface area contributed by atoms with Crippen LogP contribution < -0.4 is 10.6 Å². The van der Waals surface area contributed by atoms with Crippen LogP contribution in [0.3, 0.4) is 0 Å². The van der Waals surface area contributed by atoms with Gasteiger partial charge in [0.25, 0.3) is 0 Å². The molecule has 1 aliphatic heterocycles. The van der Waals surface area contributed by atoms with E-state index < -0.39 is 11.7 Å². The van der Waals surface area contributed by atoms with Crippen molar-refractivity contribution in [2.24, 2.45) is 0 Å². The predicted molar refractivity (Wildman–Crippen MR) is 91.0 cm³/mol. The van der Waals surface area contributed by atoms with Crippen molar-refractivity contribution in [3.63, 3.8) is 0 Å². The number of imidazole rings is 1. The number of nitrogens with two attached hydrogens (primary N) is 1. The summed E-state index contributed by atoms with van der Waals surface area (Å²) in [4.78, 5) is 6.12. The molecule has 0 aliphatic carbocycles. The summed E-state index contributed by atoms with van der Waals surface area (Å²) < 4.78 is 28.6. The second-order valence-corrected chi connectivity index (χ2v) is 5.79. The maximum absolute atomic E-state index is 14.2. The zero-order chi connectivity index (χ0) is 17.3. The number of fused-ring (bicyclic) bond motifs is 1. The summed E-state index contributed by atoms with van der Waals surface area (Å²) in [6.07, 6.45) is 5.40. The third-order valence-electron chi connectivity index (χ3n) is 4.09. The van der Waals surface area contributed by atoms with Gasteiger partial charge in [0.1, 0.15) is 17.5 Å². The van der Waals surface area contributed by atoms with Crippen LogP contribution in [0.1, 0.15) is 19.8 Å². The van der Waals surface area contributed by atoms with E-state index >= 15 is 0 Å². The summed E-state index contributed by atoms with van der Waals surface area (Å²) in [5.41, 5.74) is 6.82. The lowest BCUT2D eigenvalue weighted by molar-refractivity contribution is 0.611. The number of nitrogens with zero attached hydrogens (tertiary/aromatic N) is 4. The zero-order valence-corrected chi connectivity index (χ0v) is 13.4. The molecule has 0 spiro atoms. The van der Waals surface area contributed by atoms with Gasteiger partial charge in [0.05, 0.1) is 18.1 Å². The van der Waals surface area contributed by atoms with E-state index in [9.17, 15) is 8.78 Å². The lowest BCUT2D eigenvalue weighted by Gasteiger charge is -2.26. The normalized spacial score (nSPS) is 19.3. The van der Waals surface area contributed by atoms with Gasteiger partial charge >= 0.3 is 0 Å². The van der Waals surface area contributed by atoms with Gasteiger partial charge in [-0.3, -0.25) is 0 Å². The highest BCUT2D eigenvalue weighted by Gasteiger charge is 2.29. The van der Waals surface area contributed by atoms with Crippen LogP contribution in [0.15, 0.2) is 54.3 Å². The van der Waals surface area contributed by atoms with Gasteiger partial charge in [-0.2, -0.15) is 4.52 Å². The number of halogens is 2. The molecule has 126 valence electrons. The first-order chi connectivity index (χ1) is 11.5. The fourth-order valence-corrected chi connectivity index (χ4v) is 2.89. The fourth-order valence-electron chi connectivity index (χ4n) is 2.89. The highest BCUT2D eigenvalue weighted by molar-refractivity contribution is 5.53. The Morgan fingerprint density at radius 1 is 1.38 bits per heavy atom. The topological polar surface area (TPSA) is 59.5 Å². The van der Waals surface area contributed by atoms with Gasteiger partial charge in [-0.25, -0.2) is 13.8 Å². The van der Waals surface area contributed by atoms with Gasteiger partial charge in [0.15, 0.2) is 5.65 Å². The molecule has 0 bridgehead atoms. The standard InChI is InChI=1S/C17H19F2N5/c1-11(18)5-6-13(19)12(2)14-4-3-9-23(14)17-8-7-16-21-10-15(20)24(16)22-17/h5-8,10,14H,2-4,9,20H2,1H3/b11-5+,13-6+/t14-/m1/s1. The quantitative estimate of drug-likeness (QED) is 0.870. The van der Waals surface area contributed by atoms with Crippen molar-refractivity contribution in [1.82, 2.24) is 14.6 Å². The summed E-state index contributed by atoms with van der Waals surface area (Å²) in [6.45, 7) is 5.86. The average molecular weight is 331 g/mol. The molecule has 0 aromatic carbocycles. The van der Waals surface area contributed by atoms with Crippen molar-refractivity contribution < 1.29 is 8.78 Å². The lowest BCUT2D eigenvalue weighted by atomic mass is 10.0. The van der Waals surface area contributed by atoms with E-state index in [0.29, 0.717) is 22.9 Å². The number of hydrogen-bond donors (Lipinski definition) is 1. The highest BCUT2D eigenvalue weighted by Crippen LogP contribution is 2.31. The molecule has 2 aromatic rings. The van der Waals surface area contributed by atoms with E-state index in [2.05, 4.69) is 16.7 Å². The summed E-state index contributed by atoms with van der Waals surface area (Å²) in [5.74, 6) is 0.146. The largest absolute Gasteiger partial charge is 0.382 e. The Balaban J connectivity index is 1.89. The molecule has 2 aromatic heterocycles. The molecule has 24 heavy (non-hydrogen) atoms. The molecule has 3 rings (SSSR count). The van der Waals surface area contributed by atoms with Gasteiger partial charge in [-0.05, 0) is 44.1 Å². The smallest absolute Gasteiger partial charge is 0.156 e. The van der Waals surface area contributed by atoms with Crippen LogP contribution in [0.25, 0.3) is 5.65 Å². The Labute approximate surface area is 138 Å². The minimum Gasteiger partial charge on any atom is -0.382 e. The number of nitrogen functional groups attached to an aromatic ring is 1. The molecule has 1 aliphatic rings. The maximum atomic E-state index is 14.2. The van der Waals surface area contributed by atoms with E-state index in [-0.39, 0.29) is 6.04 Å². The maximum Gasteiger partial charge on any atom is 0.156 e. The summed E-state index contributed by atoms with van der Waals surface area (Å²) in [6, 6.07) is 3.43. The van der Waals surface area contributed by atoms with Gasteiger partial charge in [0.2, 0.25) is 0 Å². The van der Waals surface area contributed by atoms with E-state index in [1.807, 2.05) is 17.0 Å². The van der Waals surface area contributed by atoms with Gasteiger partial charge in [-0.1, -0.05) is 6.58 Å². The van der Waals surface area contributed by atoms with Crippen LogP contribution in [-0.2, 0) is 0 Å². The van der Waals surface area contributed by atoms with Crippen molar-refractivity contribution in [2.75, 3.05) is 17.2 Å². The highest BCUT2D eigenvalue weighted by atomic mass is 19.1. The first-order valence-corrected chi connectivity index (χ1v) is 7.73. The molecular weight excluding hydrogens is 312 g/mol. The third-order valence-corrected chi connectivity index (χ3v) is 4.09. The zero-order valence-electron chi connectivity index (χ0n) is 13.4. The molecule has 0 saturated carbocycles. The SMILES string of the molecule is C=C(/C(F)=C\C=C(/C)F)[C@H]1CCCN1c1ccc2ncc(N)n2n1. The molecule has 1 fully saturated rings. The van der Waals surface area contributed by atoms with E-state index in [4.69, 9.17) is 5.73 Å². The van der Waals surface area contributed by atoms with E-state index in [0.717, 1.165) is 31.5 Å². The Morgan fingerprint density at radius 3 is 2.92 bits per heavy atom. The second kappa shape index (κ2) is 6.43. The minimum absolute atomic E-state index is 0.218. The second-order valence-electron chi connectivity index (χ2n) is 5.79. The molecule has 5 nitrogen and oxygen atoms in total. The Hall–Kier alpha value is -2.70. The molecule has 0 unspecified atom stereocenters.